The molecular weight excluding hydrogens is 903 g/mol. The van der Waals surface area contributed by atoms with Gasteiger partial charge in [-0.1, -0.05) is 77.9 Å². The van der Waals surface area contributed by atoms with Gasteiger partial charge in [-0.2, -0.15) is 0 Å². The van der Waals surface area contributed by atoms with Crippen molar-refractivity contribution < 1.29 is 66.6 Å². The lowest BCUT2D eigenvalue weighted by molar-refractivity contribution is -0.311. The topological polar surface area (TPSA) is 205 Å². The summed E-state index contributed by atoms with van der Waals surface area (Å²) in [6.45, 7) is 29.6. The first-order valence-corrected chi connectivity index (χ1v) is 24.6. The predicted octanol–water partition coefficient (Wildman–Crippen LogP) is 8.96. The molecule has 1 aliphatic carbocycles. The molecule has 15 atom stereocenters. The van der Waals surface area contributed by atoms with E-state index in [0.717, 1.165) is 0 Å². The van der Waals surface area contributed by atoms with Crippen LogP contribution < -0.4 is 16.0 Å². The number of amides is 3. The highest BCUT2D eigenvalue weighted by molar-refractivity contribution is 5.90. The van der Waals surface area contributed by atoms with Gasteiger partial charge in [0, 0.05) is 11.8 Å². The van der Waals surface area contributed by atoms with Crippen LogP contribution in [-0.2, 0) is 42.6 Å². The van der Waals surface area contributed by atoms with Crippen LogP contribution in [0.25, 0.3) is 0 Å². The molecule has 0 spiro atoms. The molecule has 2 heterocycles. The summed E-state index contributed by atoms with van der Waals surface area (Å²) in [5, 5.41) is 8.77. The lowest BCUT2D eigenvalue weighted by Gasteiger charge is -2.50. The zero-order valence-electron chi connectivity index (χ0n) is 43.9. The van der Waals surface area contributed by atoms with Crippen LogP contribution in [0.15, 0.2) is 60.7 Å². The number of alkyl carbamates (subject to hydrolysis) is 3. The Kier molecular flexibility index (Phi) is 18.4. The van der Waals surface area contributed by atoms with Gasteiger partial charge in [0.05, 0.1) is 41.5 Å². The maximum absolute atomic E-state index is 14.3. The van der Waals surface area contributed by atoms with E-state index in [-0.39, 0.29) is 47.3 Å². The van der Waals surface area contributed by atoms with Crippen molar-refractivity contribution >= 4 is 30.2 Å². The molecule has 2 aromatic carbocycles. The Bertz CT molecular complexity index is 2070. The molecule has 3 N–H and O–H groups in total. The van der Waals surface area contributed by atoms with Crippen LogP contribution in [-0.4, -0.2) is 114 Å². The van der Waals surface area contributed by atoms with Crippen molar-refractivity contribution in [1.82, 2.24) is 16.0 Å². The van der Waals surface area contributed by atoms with Crippen molar-refractivity contribution in [2.75, 3.05) is 0 Å². The number of hydrogen-bond donors (Lipinski definition) is 3. The van der Waals surface area contributed by atoms with Gasteiger partial charge in [0.2, 0.25) is 0 Å². The van der Waals surface area contributed by atoms with E-state index in [9.17, 15) is 24.0 Å². The molecule has 3 aliphatic rings. The van der Waals surface area contributed by atoms with Gasteiger partial charge in [0.1, 0.15) is 29.0 Å². The van der Waals surface area contributed by atoms with Gasteiger partial charge in [0.25, 0.3) is 0 Å². The minimum atomic E-state index is -1.43. The van der Waals surface area contributed by atoms with E-state index in [4.69, 9.17) is 42.6 Å². The summed E-state index contributed by atoms with van der Waals surface area (Å²) >= 11 is 0. The fourth-order valence-corrected chi connectivity index (χ4v) is 9.27. The molecule has 2 aromatic rings. The fraction of sp³-hybridized carbons (Fsp3) is 0.679. The first kappa shape index (κ1) is 56.0. The highest BCUT2D eigenvalue weighted by atomic mass is 16.7. The van der Waals surface area contributed by atoms with E-state index in [2.05, 4.69) is 43.6 Å². The van der Waals surface area contributed by atoms with Gasteiger partial charge in [-0.05, 0) is 118 Å². The van der Waals surface area contributed by atoms with Crippen LogP contribution >= 0.6 is 0 Å². The molecule has 5 unspecified atom stereocenters. The van der Waals surface area contributed by atoms with Gasteiger partial charge >= 0.3 is 30.2 Å². The molecule has 1 saturated carbocycles. The molecule has 17 nitrogen and oxygen atoms in total. The second-order valence-corrected chi connectivity index (χ2v) is 22.5. The van der Waals surface area contributed by atoms with Crippen LogP contribution in [0.1, 0.15) is 138 Å². The number of rotatable bonds is 13. The Balaban J connectivity index is 1.69. The Morgan fingerprint density at radius 3 is 1.41 bits per heavy atom. The number of benzene rings is 2. The summed E-state index contributed by atoms with van der Waals surface area (Å²) in [5.41, 5.74) is -2.17. The predicted molar refractivity (Wildman–Crippen MR) is 260 cm³/mol. The van der Waals surface area contributed by atoms with Gasteiger partial charge in [-0.3, -0.25) is 0 Å². The van der Waals surface area contributed by atoms with E-state index in [0.29, 0.717) is 0 Å². The molecule has 0 radical (unpaired) electrons. The van der Waals surface area contributed by atoms with Gasteiger partial charge in [0.15, 0.2) is 24.8 Å². The lowest BCUT2D eigenvalue weighted by Crippen LogP contribution is -2.68. The van der Waals surface area contributed by atoms with Gasteiger partial charge in [-0.15, -0.1) is 0 Å². The quantitative estimate of drug-likeness (QED) is 0.127. The maximum atomic E-state index is 14.3. The zero-order valence-corrected chi connectivity index (χ0v) is 43.9. The summed E-state index contributed by atoms with van der Waals surface area (Å²) in [4.78, 5) is 69.3. The van der Waals surface area contributed by atoms with Crippen LogP contribution in [0.5, 0.6) is 0 Å². The number of ether oxygens (including phenoxy) is 9. The maximum Gasteiger partial charge on any atom is 0.408 e. The Labute approximate surface area is 414 Å². The zero-order chi connectivity index (χ0) is 52.0. The first-order valence-electron chi connectivity index (χ1n) is 24.6. The van der Waals surface area contributed by atoms with Gasteiger partial charge in [-0.25, -0.2) is 24.0 Å². The SMILES string of the molecule is CC(C)C1O[C@H](O[C@@H]2C(NC(=O)OC(C)(C)C)C[C@@H](NC(=O)OC(C)(C)C)C(OC(=O)c3ccccc3)[C@H]2O[C@@H]2O[C@H]([C@H](C)NC(=O)OC(C)(C)C)[C@H](C)C2OC(=O)c2ccccc2)C(C)[C@@H](C)[C@@H]1C. The third-order valence-electron chi connectivity index (χ3n) is 12.8. The molecule has 70 heavy (non-hydrogen) atoms. The fourth-order valence-electron chi connectivity index (χ4n) is 9.27. The van der Waals surface area contributed by atoms with Crippen LogP contribution in [0.4, 0.5) is 14.4 Å². The molecule has 0 bridgehead atoms. The van der Waals surface area contributed by atoms with E-state index in [1.54, 1.807) is 137 Å². The third-order valence-corrected chi connectivity index (χ3v) is 12.8. The van der Waals surface area contributed by atoms with Crippen molar-refractivity contribution in [2.24, 2.45) is 29.6 Å². The van der Waals surface area contributed by atoms with Crippen LogP contribution in [0.3, 0.4) is 0 Å². The molecule has 390 valence electrons. The second kappa shape index (κ2) is 23.1. The minimum absolute atomic E-state index is 0.0791. The second-order valence-electron chi connectivity index (χ2n) is 22.5. The third kappa shape index (κ3) is 15.3. The normalized spacial score (nSPS) is 30.9. The highest BCUT2D eigenvalue weighted by Crippen LogP contribution is 2.42. The Hall–Kier alpha value is -4.97. The van der Waals surface area contributed by atoms with Crippen LogP contribution in [0.2, 0.25) is 0 Å². The number of nitrogens with one attached hydrogen (secondary N) is 3. The first-order chi connectivity index (χ1) is 32.5. The average Bonchev–Trinajstić information content (AvgIpc) is 3.54. The van der Waals surface area contributed by atoms with E-state index in [1.165, 1.54) is 0 Å². The Morgan fingerprint density at radius 2 is 0.943 bits per heavy atom. The van der Waals surface area contributed by atoms with Crippen LogP contribution in [0, 0.1) is 29.6 Å². The number of carbonyl (C=O) groups excluding carboxylic acids is 5. The largest absolute Gasteiger partial charge is 0.454 e. The summed E-state index contributed by atoms with van der Waals surface area (Å²) in [7, 11) is 0. The lowest BCUT2D eigenvalue weighted by atomic mass is 9.76. The highest BCUT2D eigenvalue weighted by Gasteiger charge is 2.57. The summed E-state index contributed by atoms with van der Waals surface area (Å²) < 4.78 is 57.7. The van der Waals surface area contributed by atoms with Crippen molar-refractivity contribution in [3.05, 3.63) is 71.8 Å². The molecule has 3 amide bonds. The summed E-state index contributed by atoms with van der Waals surface area (Å²) in [5.74, 6) is -1.88. The molecular formula is C53H79N3O14. The monoisotopic (exact) mass is 982 g/mol. The van der Waals surface area contributed by atoms with Crippen molar-refractivity contribution in [1.29, 1.82) is 0 Å². The van der Waals surface area contributed by atoms with E-state index < -0.39 is 114 Å². The number of carbonyl (C=O) groups is 5. The smallest absolute Gasteiger partial charge is 0.408 e. The molecule has 17 heteroatoms. The molecule has 2 aliphatic heterocycles. The summed E-state index contributed by atoms with van der Waals surface area (Å²) in [6, 6.07) is 13.9. The van der Waals surface area contributed by atoms with Crippen molar-refractivity contribution in [3.63, 3.8) is 0 Å². The average molecular weight is 982 g/mol. The van der Waals surface area contributed by atoms with Gasteiger partial charge < -0.3 is 58.6 Å². The molecule has 3 fully saturated rings. The number of hydrogen-bond acceptors (Lipinski definition) is 14. The van der Waals surface area contributed by atoms with Crippen molar-refractivity contribution in [3.8, 4) is 0 Å². The van der Waals surface area contributed by atoms with E-state index in [1.807, 2.05) is 6.92 Å². The van der Waals surface area contributed by atoms with Crippen molar-refractivity contribution in [2.45, 2.75) is 201 Å². The number of esters is 2. The van der Waals surface area contributed by atoms with E-state index >= 15 is 0 Å². The molecule has 5 rings (SSSR count). The Morgan fingerprint density at radius 1 is 0.514 bits per heavy atom. The molecule has 2 saturated heterocycles. The molecule has 0 aromatic heterocycles. The standard InChI is InChI=1S/C53H79N3O14/c1-28(2)38-30(4)29(3)31(5)46(64-38)66-42-37(56-50(61)70-53(14,15)16)27-36(55-49(60)69-52(11,12)13)41(63-45(58)35-25-21-18-22-26-35)43(42)67-47-40(62-44(57)34-23-19-17-20-24-34)32(6)39(65-47)33(7)54-48(59)68-51(8,9)10/h17-26,28-33,36-43,46-47H,27H2,1-16H3,(H,54,59)(H,55,60)(H,56,61)/t29-,30-,31?,32-,33-,36+,37?,38?,39-,40?,41?,42+,43+,46+,47-/m0/s1. The minimum Gasteiger partial charge on any atom is -0.454 e. The summed E-state index contributed by atoms with van der Waals surface area (Å²) in [6.07, 6.45) is -11.0.